The van der Waals surface area contributed by atoms with Gasteiger partial charge in [-0.1, -0.05) is 19.1 Å². The molecule has 0 bridgehead atoms. The third-order valence-electron chi connectivity index (χ3n) is 3.60. The predicted octanol–water partition coefficient (Wildman–Crippen LogP) is 3.77. The number of thiazole rings is 1. The van der Waals surface area contributed by atoms with Crippen LogP contribution in [0.1, 0.15) is 36.5 Å². The van der Waals surface area contributed by atoms with Gasteiger partial charge in [-0.05, 0) is 25.8 Å². The first-order valence-electron chi connectivity index (χ1n) is 6.85. The molecule has 5 nitrogen and oxygen atoms in total. The van der Waals surface area contributed by atoms with Gasteiger partial charge in [-0.2, -0.15) is 0 Å². The van der Waals surface area contributed by atoms with E-state index in [4.69, 9.17) is 0 Å². The minimum absolute atomic E-state index is 0.123. The van der Waals surface area contributed by atoms with Crippen LogP contribution in [0.5, 0.6) is 0 Å². The second-order valence-corrected chi connectivity index (χ2v) is 6.12. The maximum absolute atomic E-state index is 10.8. The van der Waals surface area contributed by atoms with Crippen molar-refractivity contribution in [3.05, 3.63) is 56.0 Å². The van der Waals surface area contributed by atoms with Crippen LogP contribution in [-0.4, -0.2) is 9.91 Å². The van der Waals surface area contributed by atoms with Crippen LogP contribution in [0.3, 0.4) is 0 Å². The van der Waals surface area contributed by atoms with Crippen molar-refractivity contribution in [1.82, 2.24) is 10.3 Å². The van der Waals surface area contributed by atoms with Gasteiger partial charge in [-0.3, -0.25) is 10.1 Å². The fourth-order valence-electron chi connectivity index (χ4n) is 2.04. The molecule has 0 aliphatic rings. The summed E-state index contributed by atoms with van der Waals surface area (Å²) in [5.41, 5.74) is 1.82. The molecule has 0 saturated heterocycles. The third kappa shape index (κ3) is 3.65. The van der Waals surface area contributed by atoms with E-state index in [0.717, 1.165) is 22.7 Å². The highest BCUT2D eigenvalue weighted by molar-refractivity contribution is 7.09. The summed E-state index contributed by atoms with van der Waals surface area (Å²) in [6, 6.07) is 6.72. The minimum Gasteiger partial charge on any atom is -0.302 e. The van der Waals surface area contributed by atoms with Gasteiger partial charge >= 0.3 is 0 Å². The number of non-ortho nitro benzene ring substituents is 1. The molecule has 6 heteroatoms. The Labute approximate surface area is 128 Å². The summed E-state index contributed by atoms with van der Waals surface area (Å²) in [5.74, 6) is 0. The quantitative estimate of drug-likeness (QED) is 0.651. The van der Waals surface area contributed by atoms with Gasteiger partial charge in [0.05, 0.1) is 10.5 Å². The number of rotatable bonds is 6. The average Bonchev–Trinajstić information content (AvgIpc) is 2.92. The molecule has 0 aliphatic heterocycles. The molecular weight excluding hydrogens is 286 g/mol. The van der Waals surface area contributed by atoms with E-state index in [2.05, 4.69) is 24.1 Å². The van der Waals surface area contributed by atoms with Crippen molar-refractivity contribution in [3.63, 3.8) is 0 Å². The third-order valence-corrected chi connectivity index (χ3v) is 4.83. The van der Waals surface area contributed by atoms with Crippen molar-refractivity contribution in [2.24, 2.45) is 0 Å². The largest absolute Gasteiger partial charge is 0.302 e. The Kier molecular flexibility index (Phi) is 4.69. The van der Waals surface area contributed by atoms with Crippen molar-refractivity contribution in [3.8, 4) is 0 Å². The molecule has 1 unspecified atom stereocenters. The highest BCUT2D eigenvalue weighted by atomic mass is 32.1. The molecule has 0 saturated carbocycles. The van der Waals surface area contributed by atoms with Crippen LogP contribution in [0.25, 0.3) is 0 Å². The van der Waals surface area contributed by atoms with Gasteiger partial charge in [0.25, 0.3) is 5.69 Å². The van der Waals surface area contributed by atoms with Gasteiger partial charge in [-0.15, -0.1) is 11.3 Å². The van der Waals surface area contributed by atoms with Gasteiger partial charge in [-0.25, -0.2) is 4.98 Å². The zero-order valence-electron chi connectivity index (χ0n) is 12.4. The number of aromatic nitrogens is 1. The van der Waals surface area contributed by atoms with E-state index in [9.17, 15) is 10.1 Å². The molecular formula is C15H19N3O2S. The monoisotopic (exact) mass is 305 g/mol. The molecule has 1 aromatic heterocycles. The Balaban J connectivity index is 2.13. The van der Waals surface area contributed by atoms with E-state index >= 15 is 0 Å². The van der Waals surface area contributed by atoms with Gasteiger partial charge < -0.3 is 5.32 Å². The van der Waals surface area contributed by atoms with Crippen LogP contribution >= 0.6 is 11.3 Å². The molecule has 0 aliphatic carbocycles. The number of nitro groups is 1. The van der Waals surface area contributed by atoms with Crippen molar-refractivity contribution < 1.29 is 4.92 Å². The Bertz CT molecular complexity index is 641. The van der Waals surface area contributed by atoms with Crippen LogP contribution in [0.4, 0.5) is 5.69 Å². The van der Waals surface area contributed by atoms with Crippen molar-refractivity contribution in [1.29, 1.82) is 0 Å². The van der Waals surface area contributed by atoms with E-state index < -0.39 is 0 Å². The highest BCUT2D eigenvalue weighted by Crippen LogP contribution is 2.28. The molecule has 0 amide bonds. The Morgan fingerprint density at radius 2 is 2.24 bits per heavy atom. The molecule has 1 atom stereocenters. The summed E-state index contributed by atoms with van der Waals surface area (Å²) in [5, 5.41) is 17.4. The van der Waals surface area contributed by atoms with Crippen LogP contribution < -0.4 is 5.32 Å². The summed E-state index contributed by atoms with van der Waals surface area (Å²) in [6.45, 7) is 6.78. The highest BCUT2D eigenvalue weighted by Gasteiger charge is 2.27. The summed E-state index contributed by atoms with van der Waals surface area (Å²) in [4.78, 5) is 15.0. The lowest BCUT2D eigenvalue weighted by molar-refractivity contribution is -0.384. The first-order chi connectivity index (χ1) is 9.94. The lowest BCUT2D eigenvalue weighted by atomic mass is 9.99. The molecule has 2 rings (SSSR count). The number of nitro benzene ring substituents is 1. The number of nitrogens with zero attached hydrogens (tertiary/aromatic N) is 2. The van der Waals surface area contributed by atoms with Crippen LogP contribution in [0, 0.1) is 17.0 Å². The fourth-order valence-corrected chi connectivity index (χ4v) is 3.04. The molecule has 112 valence electrons. The second kappa shape index (κ2) is 6.32. The zero-order valence-corrected chi connectivity index (χ0v) is 13.2. The minimum atomic E-state index is -0.368. The SMILES string of the molecule is CCC(C)(NCc1cccc([N+](=O)[O-])c1)c1nc(C)cs1. The Hall–Kier alpha value is -1.79. The number of aryl methyl sites for hydroxylation is 1. The topological polar surface area (TPSA) is 68.1 Å². The molecule has 0 radical (unpaired) electrons. The van der Waals surface area contributed by atoms with E-state index in [1.807, 2.05) is 18.4 Å². The van der Waals surface area contributed by atoms with Gasteiger partial charge in [0.2, 0.25) is 0 Å². The number of hydrogen-bond acceptors (Lipinski definition) is 5. The second-order valence-electron chi connectivity index (χ2n) is 5.26. The van der Waals surface area contributed by atoms with E-state index in [1.165, 1.54) is 6.07 Å². The maximum Gasteiger partial charge on any atom is 0.269 e. The number of nitrogens with one attached hydrogen (secondary N) is 1. The summed E-state index contributed by atoms with van der Waals surface area (Å²) in [6.07, 6.45) is 0.898. The smallest absolute Gasteiger partial charge is 0.269 e. The van der Waals surface area contributed by atoms with Gasteiger partial charge in [0, 0.05) is 29.8 Å². The normalized spacial score (nSPS) is 13.9. The molecule has 21 heavy (non-hydrogen) atoms. The Morgan fingerprint density at radius 1 is 1.48 bits per heavy atom. The molecule has 1 aromatic carbocycles. The lowest BCUT2D eigenvalue weighted by Gasteiger charge is -2.27. The fraction of sp³-hybridized carbons (Fsp3) is 0.400. The predicted molar refractivity (Wildman–Crippen MR) is 84.4 cm³/mol. The molecule has 1 N–H and O–H groups in total. The van der Waals surface area contributed by atoms with Gasteiger partial charge in [0.1, 0.15) is 5.01 Å². The number of hydrogen-bond donors (Lipinski definition) is 1. The number of benzene rings is 1. The first kappa shape index (κ1) is 15.6. The standard InChI is InChI=1S/C15H19N3O2S/c1-4-15(3,14-17-11(2)10-21-14)16-9-12-6-5-7-13(8-12)18(19)20/h5-8,10,16H,4,9H2,1-3H3. The van der Waals surface area contributed by atoms with Gasteiger partial charge in [0.15, 0.2) is 0 Å². The lowest BCUT2D eigenvalue weighted by Crippen LogP contribution is -2.38. The summed E-state index contributed by atoms with van der Waals surface area (Å²) < 4.78 is 0. The van der Waals surface area contributed by atoms with Crippen LogP contribution in [0.15, 0.2) is 29.6 Å². The van der Waals surface area contributed by atoms with E-state index in [-0.39, 0.29) is 16.1 Å². The van der Waals surface area contributed by atoms with E-state index in [0.29, 0.717) is 6.54 Å². The molecule has 0 spiro atoms. The average molecular weight is 305 g/mol. The first-order valence-corrected chi connectivity index (χ1v) is 7.73. The van der Waals surface area contributed by atoms with E-state index in [1.54, 1.807) is 23.5 Å². The summed E-state index contributed by atoms with van der Waals surface area (Å²) in [7, 11) is 0. The van der Waals surface area contributed by atoms with Crippen LogP contribution in [0.2, 0.25) is 0 Å². The Morgan fingerprint density at radius 3 is 2.81 bits per heavy atom. The molecule has 0 fully saturated rings. The zero-order chi connectivity index (χ0) is 15.5. The van der Waals surface area contributed by atoms with Crippen molar-refractivity contribution in [2.45, 2.75) is 39.3 Å². The summed E-state index contributed by atoms with van der Waals surface area (Å²) >= 11 is 1.64. The maximum atomic E-state index is 10.8. The van der Waals surface area contributed by atoms with Crippen LogP contribution in [-0.2, 0) is 12.1 Å². The van der Waals surface area contributed by atoms with Crippen molar-refractivity contribution in [2.75, 3.05) is 0 Å². The molecule has 1 heterocycles. The van der Waals surface area contributed by atoms with Crippen molar-refractivity contribution >= 4 is 17.0 Å². The molecule has 2 aromatic rings.